The molecule has 0 saturated carbocycles. The van der Waals surface area contributed by atoms with Crippen molar-refractivity contribution in [1.82, 2.24) is 20.8 Å². The first-order valence-electron chi connectivity index (χ1n) is 7.17. The second-order valence-corrected chi connectivity index (χ2v) is 5.33. The number of nitrogens with zero attached hydrogens (tertiary/aromatic N) is 1. The maximum absolute atomic E-state index is 12.1. The van der Waals surface area contributed by atoms with Crippen LogP contribution in [-0.2, 0) is 11.2 Å². The molecular weight excluding hydrogens is 240 g/mol. The van der Waals surface area contributed by atoms with Gasteiger partial charge in [0.05, 0.1) is 5.69 Å². The van der Waals surface area contributed by atoms with Gasteiger partial charge in [-0.2, -0.15) is 5.10 Å². The predicted molar refractivity (Wildman–Crippen MR) is 75.0 cm³/mol. The van der Waals surface area contributed by atoms with E-state index in [9.17, 15) is 4.79 Å². The lowest BCUT2D eigenvalue weighted by Crippen LogP contribution is -2.32. The lowest BCUT2D eigenvalue weighted by atomic mass is 10.00. The Balaban J connectivity index is 1.77. The highest BCUT2D eigenvalue weighted by Crippen LogP contribution is 2.14. The highest BCUT2D eigenvalue weighted by molar-refractivity contribution is 5.78. The van der Waals surface area contributed by atoms with Crippen LogP contribution in [0.3, 0.4) is 0 Å². The molecule has 19 heavy (non-hydrogen) atoms. The van der Waals surface area contributed by atoms with Crippen LogP contribution in [0.25, 0.3) is 0 Å². The van der Waals surface area contributed by atoms with Gasteiger partial charge in [0.1, 0.15) is 0 Å². The molecule has 1 aromatic heterocycles. The van der Waals surface area contributed by atoms with Crippen LogP contribution in [0.2, 0.25) is 0 Å². The summed E-state index contributed by atoms with van der Waals surface area (Å²) in [5.41, 5.74) is 3.36. The largest absolute Gasteiger partial charge is 0.356 e. The molecule has 0 radical (unpaired) electrons. The van der Waals surface area contributed by atoms with Gasteiger partial charge in [-0.1, -0.05) is 0 Å². The second kappa shape index (κ2) is 6.70. The first-order valence-corrected chi connectivity index (χ1v) is 7.17. The molecule has 1 atom stereocenters. The molecule has 1 aliphatic rings. The Morgan fingerprint density at radius 1 is 1.37 bits per heavy atom. The second-order valence-electron chi connectivity index (χ2n) is 5.33. The van der Waals surface area contributed by atoms with E-state index in [4.69, 9.17) is 0 Å². The zero-order valence-corrected chi connectivity index (χ0v) is 11.9. The minimum Gasteiger partial charge on any atom is -0.356 e. The molecule has 1 amide bonds. The van der Waals surface area contributed by atoms with Gasteiger partial charge in [0.25, 0.3) is 0 Å². The summed E-state index contributed by atoms with van der Waals surface area (Å²) in [6.07, 6.45) is 3.90. The van der Waals surface area contributed by atoms with Gasteiger partial charge in [-0.15, -0.1) is 0 Å². The van der Waals surface area contributed by atoms with Crippen LogP contribution in [0, 0.1) is 19.8 Å². The van der Waals surface area contributed by atoms with Crippen molar-refractivity contribution in [3.63, 3.8) is 0 Å². The zero-order chi connectivity index (χ0) is 13.7. The van der Waals surface area contributed by atoms with E-state index in [-0.39, 0.29) is 11.8 Å². The molecule has 1 aromatic rings. The van der Waals surface area contributed by atoms with Crippen LogP contribution in [0.4, 0.5) is 0 Å². The van der Waals surface area contributed by atoms with Gasteiger partial charge in [0.2, 0.25) is 5.91 Å². The monoisotopic (exact) mass is 264 g/mol. The van der Waals surface area contributed by atoms with Crippen molar-refractivity contribution >= 4 is 5.91 Å². The van der Waals surface area contributed by atoms with Crippen LogP contribution < -0.4 is 10.6 Å². The van der Waals surface area contributed by atoms with E-state index >= 15 is 0 Å². The molecule has 2 heterocycles. The summed E-state index contributed by atoms with van der Waals surface area (Å²) in [4.78, 5) is 12.1. The van der Waals surface area contributed by atoms with Gasteiger partial charge in [-0.25, -0.2) is 0 Å². The van der Waals surface area contributed by atoms with Crippen LogP contribution in [0.5, 0.6) is 0 Å². The number of aromatic nitrogens is 2. The number of carbonyl (C=O) groups is 1. The van der Waals surface area contributed by atoms with E-state index in [1.807, 2.05) is 13.8 Å². The topological polar surface area (TPSA) is 69.8 Å². The minimum absolute atomic E-state index is 0.182. The van der Waals surface area contributed by atoms with Gasteiger partial charge in [-0.05, 0) is 58.2 Å². The van der Waals surface area contributed by atoms with Crippen LogP contribution >= 0.6 is 0 Å². The van der Waals surface area contributed by atoms with Crippen molar-refractivity contribution in [3.8, 4) is 0 Å². The SMILES string of the molecule is Cc1n[nH]c(C)c1CCNC(=O)C1CCCNCC1. The van der Waals surface area contributed by atoms with Crippen molar-refractivity contribution < 1.29 is 4.79 Å². The summed E-state index contributed by atoms with van der Waals surface area (Å²) in [5, 5.41) is 13.5. The molecule has 0 bridgehead atoms. The number of aromatic amines is 1. The van der Waals surface area contributed by atoms with Crippen LogP contribution in [0.15, 0.2) is 0 Å². The Labute approximate surface area is 114 Å². The maximum Gasteiger partial charge on any atom is 0.223 e. The molecule has 1 saturated heterocycles. The van der Waals surface area contributed by atoms with E-state index in [0.717, 1.165) is 50.2 Å². The summed E-state index contributed by atoms with van der Waals surface area (Å²) in [6, 6.07) is 0. The summed E-state index contributed by atoms with van der Waals surface area (Å²) in [6.45, 7) is 6.71. The number of H-pyrrole nitrogens is 1. The molecule has 0 spiro atoms. The number of rotatable bonds is 4. The number of hydrogen-bond acceptors (Lipinski definition) is 3. The molecule has 0 aliphatic carbocycles. The zero-order valence-electron chi connectivity index (χ0n) is 11.9. The molecule has 3 N–H and O–H groups in total. The predicted octanol–water partition coefficient (Wildman–Crippen LogP) is 1.07. The fourth-order valence-corrected chi connectivity index (χ4v) is 2.68. The normalized spacial score (nSPS) is 20.0. The van der Waals surface area contributed by atoms with Gasteiger partial charge >= 0.3 is 0 Å². The van der Waals surface area contributed by atoms with Gasteiger partial charge < -0.3 is 10.6 Å². The Morgan fingerprint density at radius 2 is 2.21 bits per heavy atom. The number of aryl methyl sites for hydroxylation is 2. The minimum atomic E-state index is 0.182. The van der Waals surface area contributed by atoms with E-state index < -0.39 is 0 Å². The Morgan fingerprint density at radius 3 is 2.95 bits per heavy atom. The average molecular weight is 264 g/mol. The van der Waals surface area contributed by atoms with E-state index in [1.54, 1.807) is 0 Å². The van der Waals surface area contributed by atoms with E-state index in [2.05, 4.69) is 20.8 Å². The summed E-state index contributed by atoms with van der Waals surface area (Å²) >= 11 is 0. The third kappa shape index (κ3) is 3.80. The summed E-state index contributed by atoms with van der Waals surface area (Å²) < 4.78 is 0. The fourth-order valence-electron chi connectivity index (χ4n) is 2.68. The lowest BCUT2D eigenvalue weighted by Gasteiger charge is -2.13. The van der Waals surface area contributed by atoms with Crippen molar-refractivity contribution in [2.45, 2.75) is 39.5 Å². The third-order valence-electron chi connectivity index (χ3n) is 3.90. The molecule has 106 valence electrons. The number of carbonyl (C=O) groups excluding carboxylic acids is 1. The van der Waals surface area contributed by atoms with Gasteiger partial charge in [0.15, 0.2) is 0 Å². The lowest BCUT2D eigenvalue weighted by molar-refractivity contribution is -0.125. The number of nitrogens with one attached hydrogen (secondary N) is 3. The highest BCUT2D eigenvalue weighted by Gasteiger charge is 2.19. The van der Waals surface area contributed by atoms with Crippen molar-refractivity contribution in [2.75, 3.05) is 19.6 Å². The summed E-state index contributed by atoms with van der Waals surface area (Å²) in [7, 11) is 0. The van der Waals surface area contributed by atoms with Crippen LogP contribution in [0.1, 0.15) is 36.2 Å². The molecule has 2 rings (SSSR count). The Hall–Kier alpha value is -1.36. The van der Waals surface area contributed by atoms with E-state index in [1.165, 1.54) is 5.56 Å². The number of hydrogen-bond donors (Lipinski definition) is 3. The van der Waals surface area contributed by atoms with Crippen molar-refractivity contribution in [2.24, 2.45) is 5.92 Å². The highest BCUT2D eigenvalue weighted by atomic mass is 16.1. The first kappa shape index (κ1) is 14.1. The fraction of sp³-hybridized carbons (Fsp3) is 0.714. The van der Waals surface area contributed by atoms with E-state index in [0.29, 0.717) is 6.54 Å². The molecule has 1 aliphatic heterocycles. The third-order valence-corrected chi connectivity index (χ3v) is 3.90. The molecular formula is C14H24N4O. The molecule has 5 heteroatoms. The Bertz CT molecular complexity index is 400. The quantitative estimate of drug-likeness (QED) is 0.762. The molecule has 5 nitrogen and oxygen atoms in total. The van der Waals surface area contributed by atoms with Gasteiger partial charge in [-0.3, -0.25) is 9.89 Å². The Kier molecular flexibility index (Phi) is 4.96. The molecule has 1 unspecified atom stereocenters. The smallest absolute Gasteiger partial charge is 0.223 e. The molecule has 0 aromatic carbocycles. The van der Waals surface area contributed by atoms with Crippen molar-refractivity contribution in [3.05, 3.63) is 17.0 Å². The average Bonchev–Trinajstić information content (AvgIpc) is 2.64. The van der Waals surface area contributed by atoms with Gasteiger partial charge in [0, 0.05) is 18.2 Å². The van der Waals surface area contributed by atoms with Crippen molar-refractivity contribution in [1.29, 1.82) is 0 Å². The van der Waals surface area contributed by atoms with Crippen LogP contribution in [-0.4, -0.2) is 35.7 Å². The standard InChI is InChI=1S/C14H24N4O/c1-10-13(11(2)18-17-10)6-9-16-14(19)12-4-3-7-15-8-5-12/h12,15H,3-9H2,1-2H3,(H,16,19)(H,17,18). The number of amides is 1. The first-order chi connectivity index (χ1) is 9.18. The summed E-state index contributed by atoms with van der Waals surface area (Å²) in [5.74, 6) is 0.393. The maximum atomic E-state index is 12.1. The molecule has 1 fully saturated rings.